The summed E-state index contributed by atoms with van der Waals surface area (Å²) >= 11 is 0. The quantitative estimate of drug-likeness (QED) is 0.723. The summed E-state index contributed by atoms with van der Waals surface area (Å²) in [6.07, 6.45) is 0.885. The van der Waals surface area contributed by atoms with Crippen LogP contribution < -0.4 is 20.5 Å². The van der Waals surface area contributed by atoms with E-state index in [9.17, 15) is 0 Å². The predicted molar refractivity (Wildman–Crippen MR) is 74.4 cm³/mol. The zero-order chi connectivity index (χ0) is 13.6. The van der Waals surface area contributed by atoms with Crippen molar-refractivity contribution in [3.63, 3.8) is 0 Å². The second-order valence-corrected chi connectivity index (χ2v) is 5.09. The first-order valence-electron chi connectivity index (χ1n) is 6.17. The number of nitrogens with two attached hydrogens (primary N) is 1. The summed E-state index contributed by atoms with van der Waals surface area (Å²) in [4.78, 5) is 0. The van der Waals surface area contributed by atoms with Gasteiger partial charge in [-0.05, 0) is 50.6 Å². The lowest BCUT2D eigenvalue weighted by molar-refractivity contribution is 0.397. The molecule has 0 aliphatic heterocycles. The van der Waals surface area contributed by atoms with Crippen molar-refractivity contribution in [3.05, 3.63) is 23.8 Å². The molecule has 0 aromatic heterocycles. The summed E-state index contributed by atoms with van der Waals surface area (Å²) in [5, 5.41) is 3.34. The summed E-state index contributed by atoms with van der Waals surface area (Å²) in [7, 11) is 3.35. The van der Waals surface area contributed by atoms with Gasteiger partial charge in [0.15, 0.2) is 0 Å². The van der Waals surface area contributed by atoms with E-state index in [0.29, 0.717) is 0 Å². The fourth-order valence-corrected chi connectivity index (χ4v) is 1.71. The van der Waals surface area contributed by atoms with E-state index in [0.717, 1.165) is 36.6 Å². The Morgan fingerprint density at radius 2 is 1.94 bits per heavy atom. The lowest BCUT2D eigenvalue weighted by Gasteiger charge is -2.19. The molecular weight excluding hydrogens is 228 g/mol. The van der Waals surface area contributed by atoms with Gasteiger partial charge in [0.05, 0.1) is 14.2 Å². The number of rotatable bonds is 7. The molecular formula is C14H24N2O2. The molecule has 0 saturated carbocycles. The van der Waals surface area contributed by atoms with Crippen molar-refractivity contribution < 1.29 is 9.47 Å². The van der Waals surface area contributed by atoms with E-state index in [1.807, 2.05) is 32.0 Å². The smallest absolute Gasteiger partial charge is 0.122 e. The van der Waals surface area contributed by atoms with Crippen molar-refractivity contribution in [2.75, 3.05) is 27.3 Å². The molecule has 4 heteroatoms. The van der Waals surface area contributed by atoms with Crippen LogP contribution >= 0.6 is 0 Å². The van der Waals surface area contributed by atoms with E-state index in [1.54, 1.807) is 14.2 Å². The standard InChI is InChI=1S/C14H24N2O2/c1-14(2,15)10-16-8-7-11-9-12(17-3)5-6-13(11)18-4/h5-6,9,16H,7-8,10,15H2,1-4H3. The molecule has 0 aliphatic rings. The van der Waals surface area contributed by atoms with Crippen molar-refractivity contribution in [1.82, 2.24) is 5.32 Å². The minimum Gasteiger partial charge on any atom is -0.497 e. The van der Waals surface area contributed by atoms with Crippen molar-refractivity contribution >= 4 is 0 Å². The van der Waals surface area contributed by atoms with E-state index in [1.165, 1.54) is 0 Å². The van der Waals surface area contributed by atoms with Gasteiger partial charge >= 0.3 is 0 Å². The number of ether oxygens (including phenoxy) is 2. The maximum atomic E-state index is 5.91. The Kier molecular flexibility index (Phi) is 5.44. The van der Waals surface area contributed by atoms with Gasteiger partial charge in [-0.15, -0.1) is 0 Å². The van der Waals surface area contributed by atoms with E-state index in [2.05, 4.69) is 5.32 Å². The highest BCUT2D eigenvalue weighted by molar-refractivity contribution is 5.40. The summed E-state index contributed by atoms with van der Waals surface area (Å²) in [6.45, 7) is 5.67. The molecule has 0 aliphatic carbocycles. The molecule has 0 unspecified atom stereocenters. The molecule has 1 rings (SSSR count). The molecule has 0 fully saturated rings. The van der Waals surface area contributed by atoms with Gasteiger partial charge in [0.1, 0.15) is 11.5 Å². The molecule has 0 heterocycles. The van der Waals surface area contributed by atoms with Gasteiger partial charge in [0, 0.05) is 12.1 Å². The zero-order valence-electron chi connectivity index (χ0n) is 11.7. The number of methoxy groups -OCH3 is 2. The van der Waals surface area contributed by atoms with E-state index in [4.69, 9.17) is 15.2 Å². The van der Waals surface area contributed by atoms with Crippen LogP contribution in [-0.2, 0) is 6.42 Å². The van der Waals surface area contributed by atoms with Crippen LogP contribution in [-0.4, -0.2) is 32.8 Å². The van der Waals surface area contributed by atoms with Crippen molar-refractivity contribution in [2.45, 2.75) is 25.8 Å². The van der Waals surface area contributed by atoms with Gasteiger partial charge in [-0.1, -0.05) is 0 Å². The van der Waals surface area contributed by atoms with E-state index in [-0.39, 0.29) is 5.54 Å². The van der Waals surface area contributed by atoms with Crippen LogP contribution in [0, 0.1) is 0 Å². The monoisotopic (exact) mass is 252 g/mol. The Balaban J connectivity index is 2.54. The van der Waals surface area contributed by atoms with Gasteiger partial charge in [0.2, 0.25) is 0 Å². The van der Waals surface area contributed by atoms with Gasteiger partial charge in [-0.25, -0.2) is 0 Å². The molecule has 1 aromatic rings. The van der Waals surface area contributed by atoms with Crippen molar-refractivity contribution in [1.29, 1.82) is 0 Å². The van der Waals surface area contributed by atoms with Crippen LogP contribution in [0.1, 0.15) is 19.4 Å². The minimum absolute atomic E-state index is 0.182. The first kappa shape index (κ1) is 14.8. The second kappa shape index (κ2) is 6.61. The largest absolute Gasteiger partial charge is 0.497 e. The summed E-state index contributed by atoms with van der Waals surface area (Å²) in [5.74, 6) is 1.74. The molecule has 102 valence electrons. The Bertz CT molecular complexity index is 373. The number of benzene rings is 1. The van der Waals surface area contributed by atoms with E-state index >= 15 is 0 Å². The average molecular weight is 252 g/mol. The third-order valence-corrected chi connectivity index (χ3v) is 2.64. The van der Waals surface area contributed by atoms with Crippen LogP contribution in [0.5, 0.6) is 11.5 Å². The summed E-state index contributed by atoms with van der Waals surface area (Å²) < 4.78 is 10.6. The average Bonchev–Trinajstić information content (AvgIpc) is 2.33. The highest BCUT2D eigenvalue weighted by Crippen LogP contribution is 2.24. The first-order chi connectivity index (χ1) is 8.46. The molecule has 0 amide bonds. The van der Waals surface area contributed by atoms with Gasteiger partial charge in [-0.2, -0.15) is 0 Å². The fraction of sp³-hybridized carbons (Fsp3) is 0.571. The first-order valence-corrected chi connectivity index (χ1v) is 6.17. The summed E-state index contributed by atoms with van der Waals surface area (Å²) in [6, 6.07) is 5.84. The Labute approximate surface area is 109 Å². The fourth-order valence-electron chi connectivity index (χ4n) is 1.71. The third-order valence-electron chi connectivity index (χ3n) is 2.64. The maximum Gasteiger partial charge on any atom is 0.122 e. The van der Waals surface area contributed by atoms with Gasteiger partial charge < -0.3 is 20.5 Å². The number of hydrogen-bond donors (Lipinski definition) is 2. The molecule has 0 bridgehead atoms. The van der Waals surface area contributed by atoms with E-state index < -0.39 is 0 Å². The second-order valence-electron chi connectivity index (χ2n) is 5.09. The zero-order valence-corrected chi connectivity index (χ0v) is 11.7. The van der Waals surface area contributed by atoms with Crippen LogP contribution in [0.4, 0.5) is 0 Å². The van der Waals surface area contributed by atoms with Crippen molar-refractivity contribution in [3.8, 4) is 11.5 Å². The predicted octanol–water partition coefficient (Wildman–Crippen LogP) is 1.57. The Morgan fingerprint density at radius 3 is 2.50 bits per heavy atom. The molecule has 3 N–H and O–H groups in total. The molecule has 4 nitrogen and oxygen atoms in total. The van der Waals surface area contributed by atoms with Crippen LogP contribution in [0.3, 0.4) is 0 Å². The maximum absolute atomic E-state index is 5.91. The van der Waals surface area contributed by atoms with Crippen molar-refractivity contribution in [2.24, 2.45) is 5.73 Å². The Morgan fingerprint density at radius 1 is 1.22 bits per heavy atom. The number of nitrogens with one attached hydrogen (secondary N) is 1. The SMILES string of the molecule is COc1ccc(OC)c(CCNCC(C)(C)N)c1. The normalized spacial score (nSPS) is 11.4. The third kappa shape index (κ3) is 4.94. The molecule has 0 radical (unpaired) electrons. The molecule has 18 heavy (non-hydrogen) atoms. The molecule has 0 saturated heterocycles. The minimum atomic E-state index is -0.182. The molecule has 0 atom stereocenters. The Hall–Kier alpha value is -1.26. The highest BCUT2D eigenvalue weighted by Gasteiger charge is 2.10. The van der Waals surface area contributed by atoms with Crippen LogP contribution in [0.25, 0.3) is 0 Å². The highest BCUT2D eigenvalue weighted by atomic mass is 16.5. The van der Waals surface area contributed by atoms with Crippen LogP contribution in [0.15, 0.2) is 18.2 Å². The number of hydrogen-bond acceptors (Lipinski definition) is 4. The lowest BCUT2D eigenvalue weighted by Crippen LogP contribution is -2.43. The van der Waals surface area contributed by atoms with Gasteiger partial charge in [0.25, 0.3) is 0 Å². The lowest BCUT2D eigenvalue weighted by atomic mass is 10.1. The molecule has 0 spiro atoms. The molecule has 1 aromatic carbocycles. The topological polar surface area (TPSA) is 56.5 Å². The van der Waals surface area contributed by atoms with Gasteiger partial charge in [-0.3, -0.25) is 0 Å². The van der Waals surface area contributed by atoms with Crippen LogP contribution in [0.2, 0.25) is 0 Å². The summed E-state index contributed by atoms with van der Waals surface area (Å²) in [5.41, 5.74) is 6.87.